The smallest absolute Gasteiger partial charge is 0.328 e. The van der Waals surface area contributed by atoms with Crippen LogP contribution < -0.4 is 31.2 Å². The van der Waals surface area contributed by atoms with Gasteiger partial charge in [0.1, 0.15) is 5.58 Å². The van der Waals surface area contributed by atoms with E-state index in [1.807, 2.05) is 42.6 Å². The first-order chi connectivity index (χ1) is 27.1. The average molecular weight is 753 g/mol. The number of aryl methyl sites for hydroxylation is 2. The molecule has 0 saturated carbocycles. The van der Waals surface area contributed by atoms with Gasteiger partial charge in [0, 0.05) is 63.9 Å². The Bertz CT molecular complexity index is 2680. The number of fused-ring (bicyclic) bond motifs is 2. The minimum Gasteiger partial charge on any atom is -0.493 e. The van der Waals surface area contributed by atoms with Crippen LogP contribution in [0.25, 0.3) is 22.0 Å². The van der Waals surface area contributed by atoms with Gasteiger partial charge in [-0.1, -0.05) is 36.4 Å². The second kappa shape index (κ2) is 16.2. The Morgan fingerprint density at radius 3 is 2.21 bits per heavy atom. The van der Waals surface area contributed by atoms with Crippen molar-refractivity contribution in [3.05, 3.63) is 158 Å². The number of nitrogens with zero attached hydrogens (tertiary/aromatic N) is 4. The summed E-state index contributed by atoms with van der Waals surface area (Å²) in [6.45, 7) is 2.09. The maximum Gasteiger partial charge on any atom is 0.328 e. The summed E-state index contributed by atoms with van der Waals surface area (Å²) in [5.74, 6) is -0.875. The minimum absolute atomic E-state index is 0.0619. The Balaban J connectivity index is 1.06. The highest BCUT2D eigenvalue weighted by Crippen LogP contribution is 2.34. The summed E-state index contributed by atoms with van der Waals surface area (Å²) in [7, 11) is 6.45. The zero-order valence-electron chi connectivity index (χ0n) is 31.4. The number of aromatic nitrogens is 3. The number of hydrogen-bond acceptors (Lipinski definition) is 9. The van der Waals surface area contributed by atoms with Crippen molar-refractivity contribution in [3.63, 3.8) is 0 Å². The van der Waals surface area contributed by atoms with Gasteiger partial charge in [-0.2, -0.15) is 0 Å². The van der Waals surface area contributed by atoms with Crippen LogP contribution in [-0.4, -0.2) is 51.6 Å². The number of nitrogens with one attached hydrogen (secondary N) is 2. The predicted octanol–water partition coefficient (Wildman–Crippen LogP) is 6.15. The second-order valence-electron chi connectivity index (χ2n) is 13.4. The number of carbonyl (C=O) groups is 2. The third-order valence-electron chi connectivity index (χ3n) is 9.68. The highest BCUT2D eigenvalue weighted by atomic mass is 16.5. The number of rotatable bonds is 13. The number of methoxy groups -OCH3 is 2. The Morgan fingerprint density at radius 1 is 0.750 bits per heavy atom. The third kappa shape index (κ3) is 7.93. The molecule has 0 radical (unpaired) electrons. The highest BCUT2D eigenvalue weighted by Gasteiger charge is 2.21. The van der Waals surface area contributed by atoms with Crippen LogP contribution in [0, 0.1) is 0 Å². The molecule has 3 heterocycles. The molecular weight excluding hydrogens is 713 g/mol. The van der Waals surface area contributed by atoms with Crippen molar-refractivity contribution in [1.29, 1.82) is 0 Å². The lowest BCUT2D eigenvalue weighted by Crippen LogP contribution is -2.25. The number of hydrogen-bond donors (Lipinski definition) is 2. The molecule has 2 amide bonds. The SMILES string of the molecule is COc1cc(NC(=O)c2cc(=O)c3ccccc3o2)c(C(=O)Nc2ccc(CCN(Cc3cccnc3)Cc3ccc4c(c3)n(C)c(=O)n4C)cc2)cc1OC. The number of carbonyl (C=O) groups excluding carboxylic acids is 2. The predicted molar refractivity (Wildman–Crippen MR) is 215 cm³/mol. The standard InChI is InChI=1S/C43H40N6O7/c1-47-34-16-13-28(20-35(34)48(2)43(47)53)25-49(26-29-8-7-18-44-24-29)19-17-27-11-14-30(15-12-27)45-41(51)32-21-38(54-3)39(55-4)22-33(32)46-42(52)40-23-36(50)31-9-5-6-10-37(31)56-40/h5-16,18,20-24H,17,19,25-26H2,1-4H3,(H,45,51)(H,46,52). The molecule has 0 unspecified atom stereocenters. The molecule has 0 spiro atoms. The number of para-hydroxylation sites is 1. The Hall–Kier alpha value is -6.99. The van der Waals surface area contributed by atoms with Gasteiger partial charge < -0.3 is 24.5 Å². The van der Waals surface area contributed by atoms with Gasteiger partial charge in [0.2, 0.25) is 0 Å². The molecule has 0 aliphatic heterocycles. The van der Waals surface area contributed by atoms with E-state index in [4.69, 9.17) is 13.9 Å². The monoisotopic (exact) mass is 752 g/mol. The van der Waals surface area contributed by atoms with Gasteiger partial charge in [-0.15, -0.1) is 0 Å². The molecule has 4 aromatic carbocycles. The molecule has 13 heteroatoms. The van der Waals surface area contributed by atoms with Crippen molar-refractivity contribution in [2.75, 3.05) is 31.4 Å². The molecule has 3 aromatic heterocycles. The number of anilines is 2. The number of benzene rings is 4. The molecule has 0 saturated heterocycles. The molecule has 7 rings (SSSR count). The van der Waals surface area contributed by atoms with E-state index in [-0.39, 0.29) is 45.2 Å². The van der Waals surface area contributed by atoms with E-state index in [1.165, 1.54) is 26.4 Å². The maximum atomic E-state index is 13.8. The zero-order valence-corrected chi connectivity index (χ0v) is 31.4. The molecule has 2 N–H and O–H groups in total. The first-order valence-electron chi connectivity index (χ1n) is 17.9. The van der Waals surface area contributed by atoms with Gasteiger partial charge in [-0.3, -0.25) is 33.4 Å². The van der Waals surface area contributed by atoms with Crippen molar-refractivity contribution in [3.8, 4) is 11.5 Å². The average Bonchev–Trinajstić information content (AvgIpc) is 3.43. The number of pyridine rings is 1. The highest BCUT2D eigenvalue weighted by molar-refractivity contribution is 6.12. The molecule has 0 fully saturated rings. The van der Waals surface area contributed by atoms with Crippen molar-refractivity contribution in [2.45, 2.75) is 19.5 Å². The summed E-state index contributed by atoms with van der Waals surface area (Å²) in [5.41, 5.74) is 5.61. The molecule has 13 nitrogen and oxygen atoms in total. The van der Waals surface area contributed by atoms with Crippen molar-refractivity contribution in [2.24, 2.45) is 14.1 Å². The van der Waals surface area contributed by atoms with Gasteiger partial charge in [0.25, 0.3) is 11.8 Å². The topological polar surface area (TPSA) is 150 Å². The van der Waals surface area contributed by atoms with Crippen LogP contribution in [0.4, 0.5) is 11.4 Å². The van der Waals surface area contributed by atoms with Gasteiger partial charge in [0.15, 0.2) is 22.7 Å². The number of amides is 2. The molecule has 7 aromatic rings. The fourth-order valence-corrected chi connectivity index (χ4v) is 6.68. The van der Waals surface area contributed by atoms with Gasteiger partial charge >= 0.3 is 5.69 Å². The van der Waals surface area contributed by atoms with Crippen molar-refractivity contribution in [1.82, 2.24) is 19.0 Å². The molecular formula is C43H40N6O7. The molecule has 0 bridgehead atoms. The van der Waals surface area contributed by atoms with Crippen LogP contribution in [0.15, 0.2) is 123 Å². The lowest BCUT2D eigenvalue weighted by atomic mass is 10.1. The fourth-order valence-electron chi connectivity index (χ4n) is 6.68. The number of ether oxygens (including phenoxy) is 2. The summed E-state index contributed by atoms with van der Waals surface area (Å²) in [5, 5.41) is 5.96. The van der Waals surface area contributed by atoms with E-state index in [0.29, 0.717) is 24.2 Å². The summed E-state index contributed by atoms with van der Waals surface area (Å²) in [4.78, 5) is 58.9. The quantitative estimate of drug-likeness (QED) is 0.142. The van der Waals surface area contributed by atoms with E-state index in [9.17, 15) is 19.2 Å². The Morgan fingerprint density at radius 2 is 1.46 bits per heavy atom. The first-order valence-corrected chi connectivity index (χ1v) is 17.9. The molecule has 0 aliphatic rings. The van der Waals surface area contributed by atoms with Gasteiger partial charge in [0.05, 0.1) is 41.9 Å². The Kier molecular flexibility index (Phi) is 10.8. The summed E-state index contributed by atoms with van der Waals surface area (Å²) in [6.07, 6.45) is 4.36. The van der Waals surface area contributed by atoms with Crippen molar-refractivity contribution < 1.29 is 23.5 Å². The minimum atomic E-state index is -0.720. The van der Waals surface area contributed by atoms with Gasteiger partial charge in [-0.25, -0.2) is 4.79 Å². The molecule has 0 aliphatic carbocycles. The maximum absolute atomic E-state index is 13.8. The van der Waals surface area contributed by atoms with E-state index in [2.05, 4.69) is 38.7 Å². The van der Waals surface area contributed by atoms with E-state index in [1.54, 1.807) is 53.7 Å². The van der Waals surface area contributed by atoms with Crippen LogP contribution in [0.5, 0.6) is 11.5 Å². The van der Waals surface area contributed by atoms with Crippen LogP contribution >= 0.6 is 0 Å². The summed E-state index contributed by atoms with van der Waals surface area (Å²) in [6, 6.07) is 28.4. The summed E-state index contributed by atoms with van der Waals surface area (Å²) >= 11 is 0. The van der Waals surface area contributed by atoms with E-state index < -0.39 is 11.8 Å². The summed E-state index contributed by atoms with van der Waals surface area (Å²) < 4.78 is 19.9. The van der Waals surface area contributed by atoms with Crippen molar-refractivity contribution >= 4 is 45.2 Å². The van der Waals surface area contributed by atoms with Crippen LogP contribution in [-0.2, 0) is 33.6 Å². The molecule has 284 valence electrons. The normalized spacial score (nSPS) is 11.2. The first kappa shape index (κ1) is 37.3. The van der Waals surface area contributed by atoms with E-state index >= 15 is 0 Å². The largest absolute Gasteiger partial charge is 0.493 e. The van der Waals surface area contributed by atoms with Crippen LogP contribution in [0.1, 0.15) is 37.6 Å². The zero-order chi connectivity index (χ0) is 39.3. The van der Waals surface area contributed by atoms with E-state index in [0.717, 1.165) is 46.8 Å². The third-order valence-corrected chi connectivity index (χ3v) is 9.68. The lowest BCUT2D eigenvalue weighted by Gasteiger charge is -2.23. The van der Waals surface area contributed by atoms with Crippen LogP contribution in [0.3, 0.4) is 0 Å². The van der Waals surface area contributed by atoms with Crippen LogP contribution in [0.2, 0.25) is 0 Å². The van der Waals surface area contributed by atoms with Gasteiger partial charge in [-0.05, 0) is 71.6 Å². The second-order valence-corrected chi connectivity index (χ2v) is 13.4. The molecule has 56 heavy (non-hydrogen) atoms. The Labute approximate surface area is 321 Å². The lowest BCUT2D eigenvalue weighted by molar-refractivity contribution is 0.0997. The number of imidazole rings is 1. The fraction of sp³-hybridized carbons (Fsp3) is 0.186. The molecule has 0 atom stereocenters.